The second kappa shape index (κ2) is 10.4. The van der Waals surface area contributed by atoms with Crippen LogP contribution in [0.4, 0.5) is 17.1 Å². The number of benzene rings is 2. The summed E-state index contributed by atoms with van der Waals surface area (Å²) < 4.78 is 15.4. The van der Waals surface area contributed by atoms with Gasteiger partial charge in [-0.3, -0.25) is 24.5 Å². The molecule has 1 saturated heterocycles. The van der Waals surface area contributed by atoms with E-state index in [1.807, 2.05) is 6.92 Å². The van der Waals surface area contributed by atoms with Crippen LogP contribution in [0.25, 0.3) is 0 Å². The molecule has 0 spiro atoms. The zero-order valence-electron chi connectivity index (χ0n) is 18.1. The number of rotatable bonds is 9. The summed E-state index contributed by atoms with van der Waals surface area (Å²) in [5.41, 5.74) is 0.211. The fourth-order valence-corrected chi connectivity index (χ4v) is 3.35. The van der Waals surface area contributed by atoms with Gasteiger partial charge in [0.25, 0.3) is 11.6 Å². The van der Waals surface area contributed by atoms with Crippen molar-refractivity contribution in [3.05, 3.63) is 52.6 Å². The van der Waals surface area contributed by atoms with Crippen molar-refractivity contribution < 1.29 is 33.5 Å². The lowest BCUT2D eigenvalue weighted by Gasteiger charge is -2.17. The van der Waals surface area contributed by atoms with E-state index in [4.69, 9.17) is 14.2 Å². The molecule has 2 aromatic rings. The molecule has 1 fully saturated rings. The number of nitro benzene ring substituents is 1. The number of hydrogen-bond acceptors (Lipinski definition) is 8. The standard InChI is InChI=1S/C22H23N3O8/c1-3-32-16-6-4-15(5-7-16)24-12-14(10-21(24)27)22(28)33-13-20(26)23-18-11-17(31-2)8-9-19(18)25(29)30/h4-9,11,14H,3,10,12-13H2,1-2H3,(H,23,26)/t14-/m1/s1. The SMILES string of the molecule is CCOc1ccc(N2C[C@H](C(=O)OCC(=O)Nc3cc(OC)ccc3[N+](=O)[O-])CC2=O)cc1. The highest BCUT2D eigenvalue weighted by Gasteiger charge is 2.36. The van der Waals surface area contributed by atoms with Gasteiger partial charge in [-0.2, -0.15) is 0 Å². The van der Waals surface area contributed by atoms with Crippen LogP contribution in [0.1, 0.15) is 13.3 Å². The predicted molar refractivity (Wildman–Crippen MR) is 117 cm³/mol. The van der Waals surface area contributed by atoms with Crippen molar-refractivity contribution in [2.24, 2.45) is 5.92 Å². The first-order chi connectivity index (χ1) is 15.8. The second-order valence-electron chi connectivity index (χ2n) is 7.13. The zero-order valence-corrected chi connectivity index (χ0v) is 18.1. The quantitative estimate of drug-likeness (QED) is 0.344. The van der Waals surface area contributed by atoms with E-state index in [1.54, 1.807) is 24.3 Å². The van der Waals surface area contributed by atoms with Crippen LogP contribution in [-0.4, -0.2) is 49.6 Å². The van der Waals surface area contributed by atoms with Crippen LogP contribution in [-0.2, 0) is 19.1 Å². The van der Waals surface area contributed by atoms with Crippen LogP contribution in [0, 0.1) is 16.0 Å². The van der Waals surface area contributed by atoms with E-state index >= 15 is 0 Å². The Morgan fingerprint density at radius 3 is 2.52 bits per heavy atom. The molecule has 1 atom stereocenters. The number of nitrogens with one attached hydrogen (secondary N) is 1. The van der Waals surface area contributed by atoms with E-state index < -0.39 is 29.3 Å². The van der Waals surface area contributed by atoms with E-state index in [0.29, 0.717) is 23.8 Å². The van der Waals surface area contributed by atoms with E-state index in [-0.39, 0.29) is 30.2 Å². The molecule has 33 heavy (non-hydrogen) atoms. The smallest absolute Gasteiger partial charge is 0.311 e. The maximum absolute atomic E-state index is 12.4. The van der Waals surface area contributed by atoms with Crippen LogP contribution < -0.4 is 19.7 Å². The van der Waals surface area contributed by atoms with E-state index in [2.05, 4.69) is 5.32 Å². The molecular formula is C22H23N3O8. The third-order valence-electron chi connectivity index (χ3n) is 4.94. The minimum Gasteiger partial charge on any atom is -0.497 e. The number of methoxy groups -OCH3 is 1. The number of hydrogen-bond donors (Lipinski definition) is 1. The van der Waals surface area contributed by atoms with Crippen molar-refractivity contribution in [1.29, 1.82) is 0 Å². The fraction of sp³-hybridized carbons (Fsp3) is 0.318. The van der Waals surface area contributed by atoms with E-state index in [9.17, 15) is 24.5 Å². The van der Waals surface area contributed by atoms with Crippen LogP contribution >= 0.6 is 0 Å². The Balaban J connectivity index is 1.56. The predicted octanol–water partition coefficient (Wildman–Crippen LogP) is 2.54. The Labute approximate surface area is 189 Å². The van der Waals surface area contributed by atoms with Gasteiger partial charge in [-0.05, 0) is 37.3 Å². The van der Waals surface area contributed by atoms with Crippen LogP contribution in [0.3, 0.4) is 0 Å². The molecule has 3 rings (SSSR count). The molecule has 1 aliphatic rings. The Hall–Kier alpha value is -4.15. The molecule has 0 aromatic heterocycles. The monoisotopic (exact) mass is 457 g/mol. The van der Waals surface area contributed by atoms with Crippen molar-refractivity contribution in [2.45, 2.75) is 13.3 Å². The number of anilines is 2. The summed E-state index contributed by atoms with van der Waals surface area (Å²) in [4.78, 5) is 49.0. The van der Waals surface area contributed by atoms with Crippen molar-refractivity contribution in [1.82, 2.24) is 0 Å². The molecule has 2 amide bonds. The minimum absolute atomic E-state index is 0.0466. The molecule has 0 aliphatic carbocycles. The summed E-state index contributed by atoms with van der Waals surface area (Å²) in [6, 6.07) is 10.8. The molecule has 0 radical (unpaired) electrons. The highest BCUT2D eigenvalue weighted by molar-refractivity contribution is 6.00. The lowest BCUT2D eigenvalue weighted by atomic mass is 10.1. The third kappa shape index (κ3) is 5.76. The van der Waals surface area contributed by atoms with Crippen molar-refractivity contribution >= 4 is 34.8 Å². The highest BCUT2D eigenvalue weighted by atomic mass is 16.6. The van der Waals surface area contributed by atoms with Gasteiger partial charge in [0.1, 0.15) is 17.2 Å². The topological polar surface area (TPSA) is 137 Å². The van der Waals surface area contributed by atoms with E-state index in [1.165, 1.54) is 30.2 Å². The van der Waals surface area contributed by atoms with E-state index in [0.717, 1.165) is 0 Å². The summed E-state index contributed by atoms with van der Waals surface area (Å²) in [5.74, 6) is -1.45. The number of carbonyl (C=O) groups excluding carboxylic acids is 3. The van der Waals surface area contributed by atoms with Gasteiger partial charge in [0.2, 0.25) is 5.91 Å². The molecule has 11 heteroatoms. The second-order valence-corrected chi connectivity index (χ2v) is 7.13. The van der Waals surface area contributed by atoms with Gasteiger partial charge in [-0.1, -0.05) is 0 Å². The number of amides is 2. The average Bonchev–Trinajstić information content (AvgIpc) is 3.19. The first kappa shape index (κ1) is 23.5. The minimum atomic E-state index is -0.757. The Kier molecular flexibility index (Phi) is 7.44. The van der Waals surface area contributed by atoms with Gasteiger partial charge in [0.05, 0.1) is 24.6 Å². The maximum Gasteiger partial charge on any atom is 0.311 e. The summed E-state index contributed by atoms with van der Waals surface area (Å²) >= 11 is 0. The first-order valence-corrected chi connectivity index (χ1v) is 10.1. The largest absolute Gasteiger partial charge is 0.497 e. The molecule has 0 saturated carbocycles. The van der Waals surface area contributed by atoms with Crippen molar-refractivity contribution in [3.63, 3.8) is 0 Å². The molecule has 11 nitrogen and oxygen atoms in total. The summed E-state index contributed by atoms with van der Waals surface area (Å²) in [6.45, 7) is 1.86. The maximum atomic E-state index is 12.4. The molecule has 1 heterocycles. The highest BCUT2D eigenvalue weighted by Crippen LogP contribution is 2.29. The lowest BCUT2D eigenvalue weighted by molar-refractivity contribution is -0.383. The normalized spacial score (nSPS) is 15.2. The third-order valence-corrected chi connectivity index (χ3v) is 4.94. The molecular weight excluding hydrogens is 434 g/mol. The molecule has 0 unspecified atom stereocenters. The molecule has 1 aliphatic heterocycles. The van der Waals surface area contributed by atoms with Gasteiger partial charge in [0.15, 0.2) is 6.61 Å². The molecule has 2 aromatic carbocycles. The van der Waals surface area contributed by atoms with Gasteiger partial charge < -0.3 is 24.4 Å². The molecule has 1 N–H and O–H groups in total. The Morgan fingerprint density at radius 1 is 1.18 bits per heavy atom. The van der Waals surface area contributed by atoms with Crippen LogP contribution in [0.15, 0.2) is 42.5 Å². The number of ether oxygens (including phenoxy) is 3. The fourth-order valence-electron chi connectivity index (χ4n) is 3.35. The molecule has 174 valence electrons. The van der Waals surface area contributed by atoms with Crippen molar-refractivity contribution in [2.75, 3.05) is 37.1 Å². The van der Waals surface area contributed by atoms with Gasteiger partial charge in [-0.25, -0.2) is 0 Å². The summed E-state index contributed by atoms with van der Waals surface area (Å²) in [6.07, 6.45) is -0.0466. The molecule has 0 bridgehead atoms. The average molecular weight is 457 g/mol. The first-order valence-electron chi connectivity index (χ1n) is 10.1. The van der Waals surface area contributed by atoms with Crippen LogP contribution in [0.5, 0.6) is 11.5 Å². The Morgan fingerprint density at radius 2 is 1.88 bits per heavy atom. The van der Waals surface area contributed by atoms with Gasteiger partial charge >= 0.3 is 5.97 Å². The Bertz CT molecular complexity index is 1050. The zero-order chi connectivity index (χ0) is 24.0. The number of carbonyl (C=O) groups is 3. The van der Waals surface area contributed by atoms with Crippen molar-refractivity contribution in [3.8, 4) is 11.5 Å². The lowest BCUT2D eigenvalue weighted by Crippen LogP contribution is -2.28. The number of nitro groups is 1. The number of esters is 1. The number of nitrogens with zero attached hydrogens (tertiary/aromatic N) is 2. The van der Waals surface area contributed by atoms with Gasteiger partial charge in [-0.15, -0.1) is 0 Å². The van der Waals surface area contributed by atoms with Gasteiger partial charge in [0, 0.05) is 30.8 Å². The summed E-state index contributed by atoms with van der Waals surface area (Å²) in [7, 11) is 1.38. The van der Waals surface area contributed by atoms with Crippen LogP contribution in [0.2, 0.25) is 0 Å². The summed E-state index contributed by atoms with van der Waals surface area (Å²) in [5, 5.41) is 13.5.